The number of amides is 2. The maximum Gasteiger partial charge on any atom is 0.573 e. The molecule has 0 radical (unpaired) electrons. The van der Waals surface area contributed by atoms with Gasteiger partial charge in [0.05, 0.1) is 0 Å². The van der Waals surface area contributed by atoms with Crippen molar-refractivity contribution < 1.29 is 22.7 Å². The number of rotatable bonds is 3. The molecule has 1 heterocycles. The van der Waals surface area contributed by atoms with Gasteiger partial charge in [0, 0.05) is 30.2 Å². The quantitative estimate of drug-likeness (QED) is 0.871. The summed E-state index contributed by atoms with van der Waals surface area (Å²) in [5.41, 5.74) is 7.45. The summed E-state index contributed by atoms with van der Waals surface area (Å²) in [5, 5.41) is 0. The van der Waals surface area contributed by atoms with E-state index in [-0.39, 0.29) is 11.8 Å². The molecule has 0 unspecified atom stereocenters. The van der Waals surface area contributed by atoms with Crippen LogP contribution < -0.4 is 20.3 Å². The van der Waals surface area contributed by atoms with Crippen molar-refractivity contribution in [3.8, 4) is 5.75 Å². The highest BCUT2D eigenvalue weighted by Gasteiger charge is 2.32. The van der Waals surface area contributed by atoms with Gasteiger partial charge in [-0.1, -0.05) is 0 Å². The summed E-state index contributed by atoms with van der Waals surface area (Å²) in [7, 11) is 0. The minimum Gasteiger partial charge on any atom is -0.406 e. The minimum absolute atomic E-state index is 0.246. The molecule has 0 bridgehead atoms. The van der Waals surface area contributed by atoms with Gasteiger partial charge in [0.1, 0.15) is 5.75 Å². The molecule has 2 aromatic rings. The Morgan fingerprint density at radius 1 is 0.875 bits per heavy atom. The number of hydrogen-bond donors (Lipinski definition) is 1. The molecule has 24 heavy (non-hydrogen) atoms. The number of urea groups is 1. The number of hydrogen-bond acceptors (Lipinski definition) is 3. The van der Waals surface area contributed by atoms with Crippen LogP contribution in [0.4, 0.5) is 35.0 Å². The second-order valence-electron chi connectivity index (χ2n) is 5.22. The lowest BCUT2D eigenvalue weighted by molar-refractivity contribution is -0.274. The molecular weight excluding hydrogens is 323 g/mol. The fourth-order valence-corrected chi connectivity index (χ4v) is 2.50. The molecule has 1 aliphatic rings. The number of ether oxygens (including phenoxy) is 1. The van der Waals surface area contributed by atoms with Crippen LogP contribution in [0.1, 0.15) is 0 Å². The van der Waals surface area contributed by atoms with Gasteiger partial charge in [-0.3, -0.25) is 9.80 Å². The number of halogens is 3. The van der Waals surface area contributed by atoms with Crippen molar-refractivity contribution in [2.75, 3.05) is 28.6 Å². The van der Waals surface area contributed by atoms with E-state index >= 15 is 0 Å². The number of nitrogens with zero attached hydrogens (tertiary/aromatic N) is 2. The number of carbonyl (C=O) groups is 1. The minimum atomic E-state index is -4.74. The first-order valence-electron chi connectivity index (χ1n) is 7.14. The van der Waals surface area contributed by atoms with Gasteiger partial charge in [0.15, 0.2) is 0 Å². The van der Waals surface area contributed by atoms with Gasteiger partial charge in [0.25, 0.3) is 0 Å². The lowest BCUT2D eigenvalue weighted by Gasteiger charge is -2.19. The van der Waals surface area contributed by atoms with E-state index in [0.29, 0.717) is 30.2 Å². The Labute approximate surface area is 136 Å². The smallest absolute Gasteiger partial charge is 0.406 e. The summed E-state index contributed by atoms with van der Waals surface area (Å²) in [4.78, 5) is 15.6. The van der Waals surface area contributed by atoms with Crippen molar-refractivity contribution in [3.05, 3.63) is 48.5 Å². The van der Waals surface area contributed by atoms with E-state index in [4.69, 9.17) is 5.73 Å². The molecule has 1 aliphatic heterocycles. The van der Waals surface area contributed by atoms with Crippen molar-refractivity contribution in [1.29, 1.82) is 0 Å². The van der Waals surface area contributed by atoms with Crippen LogP contribution in [0.2, 0.25) is 0 Å². The lowest BCUT2D eigenvalue weighted by atomic mass is 10.2. The molecule has 126 valence electrons. The number of alkyl halides is 3. The zero-order valence-corrected chi connectivity index (χ0v) is 12.5. The van der Waals surface area contributed by atoms with Gasteiger partial charge in [0.2, 0.25) is 0 Å². The summed E-state index contributed by atoms with van der Waals surface area (Å²) in [6, 6.07) is 11.9. The van der Waals surface area contributed by atoms with Crippen molar-refractivity contribution >= 4 is 23.1 Å². The number of carbonyl (C=O) groups excluding carboxylic acids is 1. The summed E-state index contributed by atoms with van der Waals surface area (Å²) in [6.45, 7) is 0.909. The van der Waals surface area contributed by atoms with E-state index in [1.165, 1.54) is 29.2 Å². The molecule has 2 aromatic carbocycles. The zero-order chi connectivity index (χ0) is 17.3. The van der Waals surface area contributed by atoms with Gasteiger partial charge in [-0.25, -0.2) is 4.79 Å². The van der Waals surface area contributed by atoms with Crippen LogP contribution in [-0.4, -0.2) is 25.5 Å². The van der Waals surface area contributed by atoms with Gasteiger partial charge in [-0.15, -0.1) is 13.2 Å². The maximum atomic E-state index is 12.5. The predicted octanol–water partition coefficient (Wildman–Crippen LogP) is 3.61. The Kier molecular flexibility index (Phi) is 3.96. The van der Waals surface area contributed by atoms with Crippen LogP contribution in [0.3, 0.4) is 0 Å². The number of nitrogens with two attached hydrogens (primary N) is 1. The van der Waals surface area contributed by atoms with Crippen LogP contribution in [0.15, 0.2) is 48.5 Å². The fourth-order valence-electron chi connectivity index (χ4n) is 2.50. The topological polar surface area (TPSA) is 58.8 Å². The van der Waals surface area contributed by atoms with Gasteiger partial charge >= 0.3 is 12.4 Å². The first-order chi connectivity index (χ1) is 11.3. The molecule has 2 N–H and O–H groups in total. The second kappa shape index (κ2) is 5.95. The Balaban J connectivity index is 1.74. The Bertz CT molecular complexity index is 730. The third kappa shape index (κ3) is 3.37. The Hall–Kier alpha value is -2.90. The molecular formula is C16H14F3N3O2. The molecule has 0 saturated carbocycles. The van der Waals surface area contributed by atoms with Crippen molar-refractivity contribution in [1.82, 2.24) is 0 Å². The molecule has 8 heteroatoms. The molecule has 2 amide bonds. The van der Waals surface area contributed by atoms with Gasteiger partial charge in [-0.2, -0.15) is 0 Å². The summed E-state index contributed by atoms with van der Waals surface area (Å²) < 4.78 is 40.3. The standard InChI is InChI=1S/C16H14F3N3O2/c17-16(18,19)24-14-7-5-13(6-8-14)22-10-9-21(15(22)23)12-3-1-11(20)2-4-12/h1-8H,9-10,20H2. The SMILES string of the molecule is Nc1ccc(N2CCN(c3ccc(OC(F)(F)F)cc3)C2=O)cc1. The van der Waals surface area contributed by atoms with Crippen LogP contribution in [0.5, 0.6) is 5.75 Å². The van der Waals surface area contributed by atoms with Crippen LogP contribution in [-0.2, 0) is 0 Å². The first-order valence-corrected chi connectivity index (χ1v) is 7.14. The molecule has 0 aliphatic carbocycles. The lowest BCUT2D eigenvalue weighted by Crippen LogP contribution is -2.31. The highest BCUT2D eigenvalue weighted by atomic mass is 19.4. The van der Waals surface area contributed by atoms with Crippen molar-refractivity contribution in [3.63, 3.8) is 0 Å². The Morgan fingerprint density at radius 3 is 1.79 bits per heavy atom. The molecule has 0 aromatic heterocycles. The molecule has 5 nitrogen and oxygen atoms in total. The first kappa shape index (κ1) is 16.0. The highest BCUT2D eigenvalue weighted by Crippen LogP contribution is 2.29. The number of nitrogen functional groups attached to an aromatic ring is 1. The number of anilines is 3. The van der Waals surface area contributed by atoms with Crippen molar-refractivity contribution in [2.24, 2.45) is 0 Å². The maximum absolute atomic E-state index is 12.5. The van der Waals surface area contributed by atoms with E-state index < -0.39 is 6.36 Å². The third-order valence-corrected chi connectivity index (χ3v) is 3.60. The van der Waals surface area contributed by atoms with Crippen LogP contribution >= 0.6 is 0 Å². The second-order valence-corrected chi connectivity index (χ2v) is 5.22. The molecule has 0 atom stereocenters. The van der Waals surface area contributed by atoms with E-state index in [1.807, 2.05) is 0 Å². The van der Waals surface area contributed by atoms with Gasteiger partial charge < -0.3 is 10.5 Å². The fraction of sp³-hybridized carbons (Fsp3) is 0.188. The normalized spacial score (nSPS) is 15.0. The molecule has 3 rings (SSSR count). The summed E-state index contributed by atoms with van der Waals surface area (Å²) in [6.07, 6.45) is -4.74. The summed E-state index contributed by atoms with van der Waals surface area (Å²) in [5.74, 6) is -0.326. The van der Waals surface area contributed by atoms with E-state index in [2.05, 4.69) is 4.74 Å². The Morgan fingerprint density at radius 2 is 1.33 bits per heavy atom. The van der Waals surface area contributed by atoms with Gasteiger partial charge in [-0.05, 0) is 48.5 Å². The van der Waals surface area contributed by atoms with Crippen LogP contribution in [0.25, 0.3) is 0 Å². The van der Waals surface area contributed by atoms with Crippen molar-refractivity contribution in [2.45, 2.75) is 6.36 Å². The largest absolute Gasteiger partial charge is 0.573 e. The molecule has 1 saturated heterocycles. The highest BCUT2D eigenvalue weighted by molar-refractivity contribution is 6.06. The van der Waals surface area contributed by atoms with Crippen LogP contribution in [0, 0.1) is 0 Å². The van der Waals surface area contributed by atoms with E-state index in [9.17, 15) is 18.0 Å². The summed E-state index contributed by atoms with van der Waals surface area (Å²) >= 11 is 0. The van der Waals surface area contributed by atoms with E-state index in [1.54, 1.807) is 29.2 Å². The zero-order valence-electron chi connectivity index (χ0n) is 12.5. The van der Waals surface area contributed by atoms with E-state index in [0.717, 1.165) is 0 Å². The average Bonchev–Trinajstić information content (AvgIpc) is 2.89. The number of benzene rings is 2. The molecule has 0 spiro atoms. The monoisotopic (exact) mass is 337 g/mol. The third-order valence-electron chi connectivity index (χ3n) is 3.60. The average molecular weight is 337 g/mol. The predicted molar refractivity (Wildman–Crippen MR) is 84.1 cm³/mol. The molecule has 1 fully saturated rings.